The third-order valence-corrected chi connectivity index (χ3v) is 5.44. The molecular weight excluding hydrogens is 329 g/mol. The van der Waals surface area contributed by atoms with Gasteiger partial charge in [-0.2, -0.15) is 13.2 Å². The van der Waals surface area contributed by atoms with Gasteiger partial charge in [0.2, 0.25) is 0 Å². The van der Waals surface area contributed by atoms with Crippen molar-refractivity contribution >= 4 is 5.78 Å². The maximum Gasteiger partial charge on any atom is 0.411 e. The van der Waals surface area contributed by atoms with E-state index in [9.17, 15) is 18.0 Å². The van der Waals surface area contributed by atoms with Crippen molar-refractivity contribution in [2.75, 3.05) is 26.9 Å². The number of methoxy groups -OCH3 is 1. The van der Waals surface area contributed by atoms with Gasteiger partial charge in [-0.05, 0) is 19.8 Å². The van der Waals surface area contributed by atoms with E-state index in [1.165, 1.54) is 7.11 Å². The predicted octanol–water partition coefficient (Wildman–Crippen LogP) is 2.12. The van der Waals surface area contributed by atoms with Crippen LogP contribution in [0.4, 0.5) is 13.2 Å². The first kappa shape index (κ1) is 18.1. The topological polar surface area (TPSA) is 60.6 Å². The molecule has 0 aromatic heterocycles. The van der Waals surface area contributed by atoms with Crippen molar-refractivity contribution in [1.82, 2.24) is 0 Å². The lowest BCUT2D eigenvalue weighted by atomic mass is 9.66. The largest absolute Gasteiger partial charge is 0.411 e. The molecule has 1 aliphatic carbocycles. The third-order valence-electron chi connectivity index (χ3n) is 5.44. The molecule has 0 unspecified atom stereocenters. The van der Waals surface area contributed by atoms with Crippen LogP contribution in [-0.4, -0.2) is 62.3 Å². The lowest BCUT2D eigenvalue weighted by molar-refractivity contribution is -0.174. The number of halogens is 3. The Morgan fingerprint density at radius 1 is 1.38 bits per heavy atom. The fourth-order valence-corrected chi connectivity index (χ4v) is 4.20. The van der Waals surface area contributed by atoms with E-state index in [0.717, 1.165) is 0 Å². The van der Waals surface area contributed by atoms with Gasteiger partial charge in [0.1, 0.15) is 23.9 Å². The van der Waals surface area contributed by atoms with Crippen LogP contribution in [0, 0.1) is 11.8 Å². The molecule has 1 saturated carbocycles. The summed E-state index contributed by atoms with van der Waals surface area (Å²) in [5, 5.41) is 0. The molecule has 6 atom stereocenters. The highest BCUT2D eigenvalue weighted by Crippen LogP contribution is 2.59. The van der Waals surface area contributed by atoms with Crippen molar-refractivity contribution in [2.24, 2.45) is 11.8 Å². The molecule has 24 heavy (non-hydrogen) atoms. The Morgan fingerprint density at radius 3 is 2.58 bits per heavy atom. The molecule has 3 aliphatic rings. The van der Waals surface area contributed by atoms with Crippen LogP contribution in [0.2, 0.25) is 0 Å². The summed E-state index contributed by atoms with van der Waals surface area (Å²) in [6.45, 7) is 3.01. The second kappa shape index (κ2) is 5.93. The Hall–Kier alpha value is -0.700. The molecule has 2 heterocycles. The smallest absolute Gasteiger partial charge is 0.373 e. The molecule has 0 aromatic rings. The van der Waals surface area contributed by atoms with Crippen molar-refractivity contribution in [1.29, 1.82) is 0 Å². The molecule has 2 aliphatic heterocycles. The standard InChI is InChI=1S/C16H23F3O5/c1-9-6-15(7-23-15)13(12(21-3)11(9)20)14(2)10(24-14)4-5-22-8-16(17,18)19/h9-10,12-13H,4-8H2,1-3H3/t9-,10-,12-,13-,14+,15+/m1/s1. The van der Waals surface area contributed by atoms with Crippen LogP contribution >= 0.6 is 0 Å². The summed E-state index contributed by atoms with van der Waals surface area (Å²) in [7, 11) is 1.50. The summed E-state index contributed by atoms with van der Waals surface area (Å²) in [6, 6.07) is 0. The van der Waals surface area contributed by atoms with Crippen LogP contribution in [0.25, 0.3) is 0 Å². The molecule has 0 aromatic carbocycles. The maximum absolute atomic E-state index is 12.4. The van der Waals surface area contributed by atoms with Crippen molar-refractivity contribution in [2.45, 2.75) is 56.3 Å². The first-order valence-corrected chi connectivity index (χ1v) is 8.16. The molecule has 3 fully saturated rings. The van der Waals surface area contributed by atoms with E-state index in [1.807, 2.05) is 13.8 Å². The summed E-state index contributed by atoms with van der Waals surface area (Å²) in [6.07, 6.45) is -4.21. The van der Waals surface area contributed by atoms with Gasteiger partial charge in [0.15, 0.2) is 5.78 Å². The van der Waals surface area contributed by atoms with Crippen LogP contribution in [0.3, 0.4) is 0 Å². The number of carbonyl (C=O) groups excluding carboxylic acids is 1. The van der Waals surface area contributed by atoms with Crippen molar-refractivity contribution in [3.05, 3.63) is 0 Å². The van der Waals surface area contributed by atoms with Gasteiger partial charge in [0.05, 0.1) is 18.6 Å². The van der Waals surface area contributed by atoms with Gasteiger partial charge in [0.25, 0.3) is 0 Å². The normalized spacial score (nSPS) is 44.8. The highest BCUT2D eigenvalue weighted by atomic mass is 19.4. The van der Waals surface area contributed by atoms with Crippen LogP contribution in [0.15, 0.2) is 0 Å². The molecule has 138 valence electrons. The first-order valence-electron chi connectivity index (χ1n) is 8.16. The minimum atomic E-state index is -4.33. The van der Waals surface area contributed by atoms with E-state index < -0.39 is 30.1 Å². The van der Waals surface area contributed by atoms with E-state index >= 15 is 0 Å². The molecule has 3 rings (SSSR count). The van der Waals surface area contributed by atoms with E-state index in [2.05, 4.69) is 4.74 Å². The summed E-state index contributed by atoms with van der Waals surface area (Å²) in [4.78, 5) is 12.4. The molecule has 2 saturated heterocycles. The van der Waals surface area contributed by atoms with Gasteiger partial charge in [-0.3, -0.25) is 4.79 Å². The number of Topliss-reactive ketones (excluding diaryl/α,β-unsaturated/α-hetero) is 1. The molecule has 8 heteroatoms. The van der Waals surface area contributed by atoms with E-state index in [0.29, 0.717) is 19.4 Å². The summed E-state index contributed by atoms with van der Waals surface area (Å²) >= 11 is 0. The van der Waals surface area contributed by atoms with Crippen molar-refractivity contribution in [3.8, 4) is 0 Å². The molecule has 5 nitrogen and oxygen atoms in total. The maximum atomic E-state index is 12.4. The number of hydrogen-bond donors (Lipinski definition) is 0. The zero-order valence-corrected chi connectivity index (χ0v) is 14.0. The molecule has 0 amide bonds. The Kier molecular flexibility index (Phi) is 4.47. The van der Waals surface area contributed by atoms with Crippen LogP contribution in [-0.2, 0) is 23.7 Å². The predicted molar refractivity (Wildman–Crippen MR) is 76.5 cm³/mol. The fraction of sp³-hybridized carbons (Fsp3) is 0.938. The highest BCUT2D eigenvalue weighted by molar-refractivity contribution is 5.87. The average molecular weight is 352 g/mol. The molecule has 0 bridgehead atoms. The zero-order valence-electron chi connectivity index (χ0n) is 14.0. The van der Waals surface area contributed by atoms with Gasteiger partial charge >= 0.3 is 6.18 Å². The number of ether oxygens (including phenoxy) is 4. The third kappa shape index (κ3) is 3.21. The molecular formula is C16H23F3O5. The molecule has 1 spiro atoms. The second-order valence-electron chi connectivity index (χ2n) is 7.24. The summed E-state index contributed by atoms with van der Waals surface area (Å²) in [5.74, 6) is -0.344. The number of alkyl halides is 3. The van der Waals surface area contributed by atoms with Crippen molar-refractivity contribution in [3.63, 3.8) is 0 Å². The number of hydrogen-bond acceptors (Lipinski definition) is 5. The lowest BCUT2D eigenvalue weighted by Crippen LogP contribution is -2.55. The van der Waals surface area contributed by atoms with Crippen LogP contribution in [0.5, 0.6) is 0 Å². The number of rotatable bonds is 6. The van der Waals surface area contributed by atoms with Gasteiger partial charge in [-0.1, -0.05) is 6.92 Å². The zero-order chi connectivity index (χ0) is 17.8. The quantitative estimate of drug-likeness (QED) is 0.541. The number of carbonyl (C=O) groups is 1. The van der Waals surface area contributed by atoms with Gasteiger partial charge in [-0.15, -0.1) is 0 Å². The fourth-order valence-electron chi connectivity index (χ4n) is 4.20. The minimum absolute atomic E-state index is 0.0346. The van der Waals surface area contributed by atoms with Crippen molar-refractivity contribution < 1.29 is 36.9 Å². The van der Waals surface area contributed by atoms with Gasteiger partial charge in [0, 0.05) is 19.6 Å². The summed E-state index contributed by atoms with van der Waals surface area (Å²) < 4.78 is 57.9. The molecule has 0 radical (unpaired) electrons. The van der Waals surface area contributed by atoms with E-state index in [-0.39, 0.29) is 30.3 Å². The van der Waals surface area contributed by atoms with E-state index in [1.54, 1.807) is 0 Å². The Labute approximate surface area is 138 Å². The van der Waals surface area contributed by atoms with Gasteiger partial charge < -0.3 is 18.9 Å². The highest BCUT2D eigenvalue weighted by Gasteiger charge is 2.72. The Bertz CT molecular complexity index is 504. The van der Waals surface area contributed by atoms with Crippen LogP contribution in [0.1, 0.15) is 26.7 Å². The first-order chi connectivity index (χ1) is 11.1. The molecule has 0 N–H and O–H groups in total. The van der Waals surface area contributed by atoms with E-state index in [4.69, 9.17) is 14.2 Å². The average Bonchev–Trinajstić information content (AvgIpc) is 3.37. The van der Waals surface area contributed by atoms with Crippen LogP contribution < -0.4 is 0 Å². The number of ketones is 1. The second-order valence-corrected chi connectivity index (χ2v) is 7.24. The summed E-state index contributed by atoms with van der Waals surface area (Å²) in [5.41, 5.74) is -1.04. The van der Waals surface area contributed by atoms with Gasteiger partial charge in [-0.25, -0.2) is 0 Å². The monoisotopic (exact) mass is 352 g/mol. The SMILES string of the molecule is CO[C@@H]1C(=O)[C@H](C)C[C@]2(CO2)[C@H]1[C@@]1(C)O[C@@H]1CCOCC(F)(F)F. The number of epoxide rings is 2. The lowest BCUT2D eigenvalue weighted by Gasteiger charge is -2.40. The Morgan fingerprint density at radius 2 is 2.04 bits per heavy atom. The minimum Gasteiger partial charge on any atom is -0.373 e. The Balaban J connectivity index is 1.62.